The largest absolute Gasteiger partial charge is 0.335 e. The van der Waals surface area contributed by atoms with Crippen LogP contribution in [0.3, 0.4) is 0 Å². The molecule has 0 fully saturated rings. The minimum absolute atomic E-state index is 0.0381. The van der Waals surface area contributed by atoms with Gasteiger partial charge >= 0.3 is 0 Å². The molecular weight excluding hydrogens is 405 g/mol. The predicted molar refractivity (Wildman–Crippen MR) is 121 cm³/mol. The Bertz CT molecular complexity index is 1100. The highest BCUT2D eigenvalue weighted by molar-refractivity contribution is 6.48. The van der Waals surface area contributed by atoms with Crippen LogP contribution in [0.25, 0.3) is 11.1 Å². The number of carbonyl (C=O) groups is 1. The quantitative estimate of drug-likeness (QED) is 0.784. The van der Waals surface area contributed by atoms with E-state index in [9.17, 15) is 4.79 Å². The first-order valence-corrected chi connectivity index (χ1v) is 10.9. The smallest absolute Gasteiger partial charge is 0.244 e. The second-order valence-electron chi connectivity index (χ2n) is 7.47. The van der Waals surface area contributed by atoms with Crippen molar-refractivity contribution in [1.29, 1.82) is 0 Å². The van der Waals surface area contributed by atoms with Crippen LogP contribution in [-0.4, -0.2) is 23.6 Å². The summed E-state index contributed by atoms with van der Waals surface area (Å²) in [6.45, 7) is 4.16. The summed E-state index contributed by atoms with van der Waals surface area (Å²) >= 11 is 12.9. The lowest BCUT2D eigenvalue weighted by atomic mass is 10.1. The lowest BCUT2D eigenvalue weighted by Gasteiger charge is -2.12. The van der Waals surface area contributed by atoms with E-state index in [1.807, 2.05) is 24.3 Å². The summed E-state index contributed by atoms with van der Waals surface area (Å²) in [4.78, 5) is 12.9. The molecule has 0 bridgehead atoms. The average Bonchev–Trinajstić information content (AvgIpc) is 2.86. The highest BCUT2D eigenvalue weighted by atomic mass is 35.5. The molecule has 2 aliphatic rings. The van der Waals surface area contributed by atoms with E-state index in [4.69, 9.17) is 23.2 Å². The molecule has 0 spiro atoms. The highest BCUT2D eigenvalue weighted by Gasteiger charge is 2.21. The second kappa shape index (κ2) is 8.78. The molecule has 2 heterocycles. The van der Waals surface area contributed by atoms with Crippen molar-refractivity contribution >= 4 is 45.9 Å². The summed E-state index contributed by atoms with van der Waals surface area (Å²) in [5, 5.41) is 9.89. The maximum absolute atomic E-state index is 12.9. The fourth-order valence-electron chi connectivity index (χ4n) is 4.18. The summed E-state index contributed by atoms with van der Waals surface area (Å²) in [6, 6.07) is 8.00. The Balaban J connectivity index is 1.73. The van der Waals surface area contributed by atoms with E-state index in [-0.39, 0.29) is 12.5 Å². The summed E-state index contributed by atoms with van der Waals surface area (Å²) in [5.41, 5.74) is 4.46. The Kier molecular flexibility index (Phi) is 6.14. The molecule has 0 radical (unpaired) electrons. The van der Waals surface area contributed by atoms with Crippen molar-refractivity contribution in [2.75, 3.05) is 18.4 Å². The molecule has 0 saturated carbocycles. The fourth-order valence-corrected chi connectivity index (χ4v) is 4.76. The van der Waals surface area contributed by atoms with Crippen molar-refractivity contribution in [2.45, 2.75) is 39.2 Å². The normalized spacial score (nSPS) is 16.1. The number of carbonyl (C=O) groups excluding carboxylic acids is 1. The number of halogens is 2. The molecule has 0 saturated heterocycles. The third kappa shape index (κ3) is 4.30. The Morgan fingerprint density at radius 2 is 2.07 bits per heavy atom. The van der Waals surface area contributed by atoms with E-state index in [1.54, 1.807) is 0 Å². The van der Waals surface area contributed by atoms with Crippen molar-refractivity contribution < 1.29 is 4.79 Å². The molecule has 2 aromatic rings. The lowest BCUT2D eigenvalue weighted by Crippen LogP contribution is -2.35. The molecule has 4 nitrogen and oxygen atoms in total. The van der Waals surface area contributed by atoms with Crippen LogP contribution in [0.4, 0.5) is 5.69 Å². The van der Waals surface area contributed by atoms with Crippen LogP contribution in [0.1, 0.15) is 30.2 Å². The standard InChI is InChI=1S/C23H25Cl2N3O/c1-2-15-4-3-5-17(12-15)27-22(29)14-28-20-9-11-26-10-8-18(20)23-19(25)13-16(24)6-7-21(23)28/h3-5,7,12-13,26H,2,6,8-11,14H2,1H3,(H,27,29). The molecule has 29 heavy (non-hydrogen) atoms. The van der Waals surface area contributed by atoms with E-state index in [1.165, 1.54) is 16.8 Å². The first-order chi connectivity index (χ1) is 14.1. The fraction of sp³-hybridized carbons (Fsp3) is 0.348. The van der Waals surface area contributed by atoms with E-state index in [2.05, 4.69) is 34.3 Å². The number of hydrogen-bond donors (Lipinski definition) is 2. The molecule has 1 aliphatic heterocycles. The molecule has 4 rings (SSSR count). The van der Waals surface area contributed by atoms with Crippen molar-refractivity contribution in [2.24, 2.45) is 0 Å². The van der Waals surface area contributed by atoms with Crippen molar-refractivity contribution in [3.63, 3.8) is 0 Å². The molecule has 152 valence electrons. The van der Waals surface area contributed by atoms with E-state index in [0.717, 1.165) is 48.6 Å². The first kappa shape index (κ1) is 20.3. The molecule has 1 aromatic heterocycles. The molecule has 2 N–H and O–H groups in total. The zero-order valence-corrected chi connectivity index (χ0v) is 18.0. The molecular formula is C23H25Cl2N3O. The van der Waals surface area contributed by atoms with Gasteiger partial charge in [0.25, 0.3) is 0 Å². The van der Waals surface area contributed by atoms with Crippen LogP contribution >= 0.6 is 23.2 Å². The van der Waals surface area contributed by atoms with Gasteiger partial charge in [0.1, 0.15) is 6.54 Å². The average molecular weight is 430 g/mol. The molecule has 1 amide bonds. The van der Waals surface area contributed by atoms with Gasteiger partial charge in [-0.3, -0.25) is 4.79 Å². The Morgan fingerprint density at radius 3 is 2.90 bits per heavy atom. The number of aryl methyl sites for hydroxylation is 1. The summed E-state index contributed by atoms with van der Waals surface area (Å²) < 4.78 is 2.13. The zero-order chi connectivity index (χ0) is 20.4. The van der Waals surface area contributed by atoms with Crippen molar-refractivity contribution in [3.8, 4) is 0 Å². The van der Waals surface area contributed by atoms with Gasteiger partial charge in [-0.15, -0.1) is 0 Å². The van der Waals surface area contributed by atoms with Crippen LogP contribution in [0.15, 0.2) is 35.4 Å². The lowest BCUT2D eigenvalue weighted by molar-refractivity contribution is -0.116. The number of hydrogen-bond acceptors (Lipinski definition) is 2. The number of aromatic nitrogens is 1. The van der Waals surface area contributed by atoms with Gasteiger partial charge in [0.15, 0.2) is 0 Å². The van der Waals surface area contributed by atoms with Gasteiger partial charge in [0, 0.05) is 46.4 Å². The maximum Gasteiger partial charge on any atom is 0.244 e. The molecule has 6 heteroatoms. The Morgan fingerprint density at radius 1 is 1.24 bits per heavy atom. The minimum Gasteiger partial charge on any atom is -0.335 e. The number of benzene rings is 1. The number of nitrogens with one attached hydrogen (secondary N) is 2. The van der Waals surface area contributed by atoms with Gasteiger partial charge in [-0.25, -0.2) is 0 Å². The number of fused-ring (bicyclic) bond motifs is 3. The number of allylic oxidation sites excluding steroid dienone is 2. The molecule has 0 atom stereocenters. The van der Waals surface area contributed by atoms with E-state index < -0.39 is 0 Å². The van der Waals surface area contributed by atoms with Gasteiger partial charge in [-0.1, -0.05) is 48.3 Å². The molecule has 1 aliphatic carbocycles. The topological polar surface area (TPSA) is 46.1 Å². The van der Waals surface area contributed by atoms with E-state index in [0.29, 0.717) is 16.5 Å². The van der Waals surface area contributed by atoms with Crippen LogP contribution in [0, 0.1) is 0 Å². The Labute approximate surface area is 180 Å². The third-order valence-electron chi connectivity index (χ3n) is 5.55. The van der Waals surface area contributed by atoms with Crippen LogP contribution in [0.2, 0.25) is 0 Å². The highest BCUT2D eigenvalue weighted by Crippen LogP contribution is 2.19. The zero-order valence-electron chi connectivity index (χ0n) is 16.5. The number of rotatable bonds is 4. The van der Waals surface area contributed by atoms with Crippen molar-refractivity contribution in [3.05, 3.63) is 62.8 Å². The predicted octanol–water partition coefficient (Wildman–Crippen LogP) is 3.03. The van der Waals surface area contributed by atoms with Gasteiger partial charge in [0.05, 0.1) is 5.03 Å². The summed E-state index contributed by atoms with van der Waals surface area (Å²) in [7, 11) is 0. The minimum atomic E-state index is -0.0381. The van der Waals surface area contributed by atoms with E-state index >= 15 is 0 Å². The number of amides is 1. The van der Waals surface area contributed by atoms with Gasteiger partial charge < -0.3 is 15.2 Å². The van der Waals surface area contributed by atoms with Gasteiger partial charge in [-0.2, -0.15) is 0 Å². The molecule has 0 unspecified atom stereocenters. The van der Waals surface area contributed by atoms with Crippen LogP contribution in [-0.2, 0) is 30.6 Å². The van der Waals surface area contributed by atoms with Gasteiger partial charge in [-0.05, 0) is 48.7 Å². The summed E-state index contributed by atoms with van der Waals surface area (Å²) in [6.07, 6.45) is 7.25. The molecule has 1 aromatic carbocycles. The van der Waals surface area contributed by atoms with Crippen LogP contribution in [0.5, 0.6) is 0 Å². The number of anilines is 1. The van der Waals surface area contributed by atoms with Crippen molar-refractivity contribution in [1.82, 2.24) is 9.88 Å². The number of nitrogens with zero attached hydrogens (tertiary/aromatic N) is 1. The second-order valence-corrected chi connectivity index (χ2v) is 8.36. The van der Waals surface area contributed by atoms with Gasteiger partial charge in [0.2, 0.25) is 5.91 Å². The first-order valence-electron chi connectivity index (χ1n) is 10.1. The maximum atomic E-state index is 12.9. The SMILES string of the molecule is CCc1cccc(NC(=O)Cn2c3c(c4c2=CCC(Cl)=CC=4Cl)CCNCC3)c1. The van der Waals surface area contributed by atoms with Crippen LogP contribution < -0.4 is 21.2 Å². The monoisotopic (exact) mass is 429 g/mol. The third-order valence-corrected chi connectivity index (χ3v) is 6.11. The summed E-state index contributed by atoms with van der Waals surface area (Å²) in [5.74, 6) is -0.0381. The Hall–Kier alpha value is -2.01.